The van der Waals surface area contributed by atoms with Gasteiger partial charge in [0, 0.05) is 6.42 Å². The highest BCUT2D eigenvalue weighted by atomic mass is 31.1. The molecule has 0 spiro atoms. The minimum atomic E-state index is -1.73. The molecule has 0 aliphatic rings. The van der Waals surface area contributed by atoms with E-state index in [1.165, 1.54) is 0 Å². The van der Waals surface area contributed by atoms with Crippen molar-refractivity contribution in [2.45, 2.75) is 6.42 Å². The van der Waals surface area contributed by atoms with Gasteiger partial charge in [0.1, 0.15) is 6.61 Å². The van der Waals surface area contributed by atoms with Crippen LogP contribution in [0.4, 0.5) is 0 Å². The van der Waals surface area contributed by atoms with Gasteiger partial charge in [0.2, 0.25) is 5.30 Å². The van der Waals surface area contributed by atoms with Crippen molar-refractivity contribution in [2.75, 3.05) is 6.61 Å². The minimum absolute atomic E-state index is 0.348. The number of hydrogen-bond donors (Lipinski definition) is 0. The molecule has 0 aromatic heterocycles. The molecule has 0 saturated heterocycles. The second kappa shape index (κ2) is 5.48. The van der Waals surface area contributed by atoms with E-state index in [-0.39, 0.29) is 0 Å². The van der Waals surface area contributed by atoms with Crippen molar-refractivity contribution in [2.24, 2.45) is 0 Å². The molecule has 0 aliphatic heterocycles. The van der Waals surface area contributed by atoms with Crippen LogP contribution in [0.15, 0.2) is 30.3 Å². The monoisotopic (exact) mass is 193 g/mol. The average molecular weight is 193 g/mol. The van der Waals surface area contributed by atoms with E-state index in [9.17, 15) is 4.57 Å². The third-order valence-electron chi connectivity index (χ3n) is 1.42. The fourth-order valence-corrected chi connectivity index (χ4v) is 1.63. The molecule has 66 valence electrons. The normalized spacial score (nSPS) is 10.5. The third-order valence-corrected chi connectivity index (χ3v) is 2.56. The Kier molecular flexibility index (Phi) is 4.18. The molecule has 0 aliphatic carbocycles. The van der Waals surface area contributed by atoms with E-state index >= 15 is 0 Å². The molecule has 1 aromatic rings. The Morgan fingerprint density at radius 2 is 2.08 bits per heavy atom. The summed E-state index contributed by atoms with van der Waals surface area (Å²) in [6.07, 6.45) is 5.52. The van der Waals surface area contributed by atoms with Crippen molar-refractivity contribution in [1.82, 2.24) is 0 Å². The lowest BCUT2D eigenvalue weighted by molar-refractivity contribution is 0.344. The summed E-state index contributed by atoms with van der Waals surface area (Å²) in [5.74, 6) is 2.42. The van der Waals surface area contributed by atoms with E-state index in [2.05, 4.69) is 5.92 Å². The molecule has 0 N–H and O–H groups in total. The predicted octanol–water partition coefficient (Wildman–Crippen LogP) is 2.09. The predicted molar refractivity (Wildman–Crippen MR) is 53.1 cm³/mol. The van der Waals surface area contributed by atoms with E-state index in [1.54, 1.807) is 12.1 Å². The topological polar surface area (TPSA) is 26.3 Å². The van der Waals surface area contributed by atoms with Gasteiger partial charge in [0.25, 0.3) is 0 Å². The Morgan fingerprint density at radius 3 is 2.69 bits per heavy atom. The lowest BCUT2D eigenvalue weighted by Crippen LogP contribution is -1.97. The van der Waals surface area contributed by atoms with Gasteiger partial charge in [-0.25, -0.2) is 0 Å². The van der Waals surface area contributed by atoms with Crippen molar-refractivity contribution in [3.8, 4) is 12.3 Å². The van der Waals surface area contributed by atoms with Crippen molar-refractivity contribution >= 4 is 13.3 Å². The molecule has 1 atom stereocenters. The molecule has 0 amide bonds. The Morgan fingerprint density at radius 1 is 1.38 bits per heavy atom. The fraction of sp³-hybridized carbons (Fsp3) is 0.200. The molecule has 0 saturated carbocycles. The van der Waals surface area contributed by atoms with Crippen LogP contribution in [-0.4, -0.2) is 6.61 Å². The number of hydrogen-bond acceptors (Lipinski definition) is 2. The number of benzene rings is 1. The van der Waals surface area contributed by atoms with E-state index in [0.717, 1.165) is 0 Å². The molecule has 0 radical (unpaired) electrons. The lowest BCUT2D eigenvalue weighted by Gasteiger charge is -1.86. The first-order valence-corrected chi connectivity index (χ1v) is 5.11. The molecule has 2 nitrogen and oxygen atoms in total. The van der Waals surface area contributed by atoms with E-state index in [0.29, 0.717) is 18.3 Å². The van der Waals surface area contributed by atoms with E-state index in [1.807, 2.05) is 18.2 Å². The fourth-order valence-electron chi connectivity index (χ4n) is 0.812. The van der Waals surface area contributed by atoms with Crippen LogP contribution >= 0.6 is 8.03 Å². The standard InChI is InChI=1S/C10H10O2P/c1-2-3-9-12-13(11)10-7-5-4-6-8-10/h1,4-8H,3,9H2/q+1. The quantitative estimate of drug-likeness (QED) is 0.416. The van der Waals surface area contributed by atoms with Gasteiger partial charge in [-0.05, 0) is 16.7 Å². The summed E-state index contributed by atoms with van der Waals surface area (Å²) in [5, 5.41) is 0.703. The molecular weight excluding hydrogens is 183 g/mol. The Bertz CT molecular complexity index is 313. The zero-order valence-corrected chi connectivity index (χ0v) is 8.04. The summed E-state index contributed by atoms with van der Waals surface area (Å²) < 4.78 is 16.4. The summed E-state index contributed by atoms with van der Waals surface area (Å²) in [6, 6.07) is 9.07. The molecule has 0 fully saturated rings. The van der Waals surface area contributed by atoms with Crippen molar-refractivity contribution in [3.05, 3.63) is 30.3 Å². The highest BCUT2D eigenvalue weighted by Crippen LogP contribution is 2.20. The van der Waals surface area contributed by atoms with Gasteiger partial charge in [-0.15, -0.1) is 16.9 Å². The summed E-state index contributed by atoms with van der Waals surface area (Å²) >= 11 is 0. The highest BCUT2D eigenvalue weighted by Gasteiger charge is 2.20. The van der Waals surface area contributed by atoms with E-state index in [4.69, 9.17) is 10.9 Å². The van der Waals surface area contributed by atoms with Crippen LogP contribution in [0.5, 0.6) is 0 Å². The summed E-state index contributed by atoms with van der Waals surface area (Å²) in [6.45, 7) is 0.348. The largest absolute Gasteiger partial charge is 0.548 e. The van der Waals surface area contributed by atoms with Crippen molar-refractivity contribution in [1.29, 1.82) is 0 Å². The van der Waals surface area contributed by atoms with Crippen LogP contribution < -0.4 is 5.30 Å². The van der Waals surface area contributed by atoms with Crippen LogP contribution in [0.1, 0.15) is 6.42 Å². The Hall–Kier alpha value is -1.16. The van der Waals surface area contributed by atoms with Gasteiger partial charge in [-0.2, -0.15) is 0 Å². The molecule has 0 bridgehead atoms. The SMILES string of the molecule is C#CCCO[P+](=O)c1ccccc1. The van der Waals surface area contributed by atoms with Gasteiger partial charge >= 0.3 is 8.03 Å². The number of rotatable bonds is 4. The first-order chi connectivity index (χ1) is 6.34. The molecule has 0 heterocycles. The molecule has 1 aromatic carbocycles. The number of terminal acetylenes is 1. The lowest BCUT2D eigenvalue weighted by atomic mass is 10.4. The second-order valence-corrected chi connectivity index (χ2v) is 3.67. The van der Waals surface area contributed by atoms with Crippen LogP contribution in [-0.2, 0) is 9.09 Å². The van der Waals surface area contributed by atoms with Crippen molar-refractivity contribution < 1.29 is 9.09 Å². The van der Waals surface area contributed by atoms with E-state index < -0.39 is 8.03 Å². The van der Waals surface area contributed by atoms with Gasteiger partial charge in [0.15, 0.2) is 0 Å². The van der Waals surface area contributed by atoms with Crippen LogP contribution in [0.3, 0.4) is 0 Å². The average Bonchev–Trinajstić information content (AvgIpc) is 2.19. The van der Waals surface area contributed by atoms with Crippen molar-refractivity contribution in [3.63, 3.8) is 0 Å². The molecular formula is C10H10O2P+. The Labute approximate surface area is 78.8 Å². The van der Waals surface area contributed by atoms with Gasteiger partial charge in [-0.3, -0.25) is 0 Å². The van der Waals surface area contributed by atoms with Gasteiger partial charge < -0.3 is 0 Å². The van der Waals surface area contributed by atoms with Gasteiger partial charge in [0.05, 0.1) is 0 Å². The minimum Gasteiger partial charge on any atom is -0.141 e. The zero-order valence-electron chi connectivity index (χ0n) is 7.14. The maximum atomic E-state index is 11.4. The van der Waals surface area contributed by atoms with Crippen LogP contribution in [0.25, 0.3) is 0 Å². The maximum Gasteiger partial charge on any atom is 0.548 e. The maximum absolute atomic E-state index is 11.4. The van der Waals surface area contributed by atoms with Gasteiger partial charge in [-0.1, -0.05) is 18.2 Å². The molecule has 1 unspecified atom stereocenters. The summed E-state index contributed by atoms with van der Waals surface area (Å²) in [7, 11) is -1.73. The molecule has 3 heteroatoms. The molecule has 1 rings (SSSR count). The van der Waals surface area contributed by atoms with Crippen LogP contribution in [0.2, 0.25) is 0 Å². The summed E-state index contributed by atoms with van der Waals surface area (Å²) in [5.41, 5.74) is 0. The molecule has 13 heavy (non-hydrogen) atoms. The Balaban J connectivity index is 2.46. The second-order valence-electron chi connectivity index (χ2n) is 2.38. The first kappa shape index (κ1) is 9.92. The highest BCUT2D eigenvalue weighted by molar-refractivity contribution is 7.48. The summed E-state index contributed by atoms with van der Waals surface area (Å²) in [4.78, 5) is 0. The first-order valence-electron chi connectivity index (χ1n) is 3.93. The third kappa shape index (κ3) is 3.38. The smallest absolute Gasteiger partial charge is 0.141 e. The zero-order chi connectivity index (χ0) is 9.52. The van der Waals surface area contributed by atoms with Crippen LogP contribution in [0, 0.1) is 12.3 Å².